The van der Waals surface area contributed by atoms with Crippen LogP contribution in [-0.2, 0) is 12.0 Å². The predicted octanol–water partition coefficient (Wildman–Crippen LogP) is 5.15. The number of benzene rings is 2. The summed E-state index contributed by atoms with van der Waals surface area (Å²) in [4.78, 5) is 6.29. The van der Waals surface area contributed by atoms with Crippen molar-refractivity contribution in [2.75, 3.05) is 11.9 Å². The Hall–Kier alpha value is -3.06. The number of oxazole rings is 1. The van der Waals surface area contributed by atoms with Crippen LogP contribution >= 0.6 is 0 Å². The lowest BCUT2D eigenvalue weighted by atomic mass is 9.87. The molecule has 0 bridgehead atoms. The number of anilines is 1. The number of aromatic nitrogens is 1. The standard InChI is InChI=1S/C22H23N3O/c1-22(2,3)18-12-10-17(11-13-18)20-24-19(14-23)21(26-20)25(4)15-16-8-6-5-7-9-16/h5-13H,15H2,1-4H3. The molecule has 0 radical (unpaired) electrons. The van der Waals surface area contributed by atoms with Crippen molar-refractivity contribution in [3.63, 3.8) is 0 Å². The molecule has 3 aromatic rings. The molecule has 0 atom stereocenters. The summed E-state index contributed by atoms with van der Waals surface area (Å²) in [6.07, 6.45) is 0. The first-order valence-corrected chi connectivity index (χ1v) is 8.65. The monoisotopic (exact) mass is 345 g/mol. The van der Waals surface area contributed by atoms with Crippen LogP contribution in [0.2, 0.25) is 0 Å². The van der Waals surface area contributed by atoms with Crippen molar-refractivity contribution in [2.24, 2.45) is 0 Å². The highest BCUT2D eigenvalue weighted by molar-refractivity contribution is 5.60. The van der Waals surface area contributed by atoms with Gasteiger partial charge in [0.15, 0.2) is 0 Å². The fraction of sp³-hybridized carbons (Fsp3) is 0.273. The molecule has 0 spiro atoms. The maximum atomic E-state index is 9.45. The van der Waals surface area contributed by atoms with Crippen LogP contribution in [0.4, 0.5) is 5.88 Å². The highest BCUT2D eigenvalue weighted by atomic mass is 16.4. The maximum Gasteiger partial charge on any atom is 0.235 e. The number of hydrogen-bond donors (Lipinski definition) is 0. The summed E-state index contributed by atoms with van der Waals surface area (Å²) in [6.45, 7) is 7.18. The van der Waals surface area contributed by atoms with Gasteiger partial charge in [0.1, 0.15) is 6.07 Å². The Morgan fingerprint density at radius 3 is 2.27 bits per heavy atom. The van der Waals surface area contributed by atoms with Crippen LogP contribution in [0.3, 0.4) is 0 Å². The minimum absolute atomic E-state index is 0.0913. The smallest absolute Gasteiger partial charge is 0.235 e. The maximum absolute atomic E-state index is 9.45. The second kappa shape index (κ2) is 7.05. The van der Waals surface area contributed by atoms with Crippen LogP contribution in [0, 0.1) is 11.3 Å². The lowest BCUT2D eigenvalue weighted by Gasteiger charge is -2.18. The molecule has 2 aromatic carbocycles. The lowest BCUT2D eigenvalue weighted by Crippen LogP contribution is -2.16. The molecule has 0 aliphatic carbocycles. The third-order valence-electron chi connectivity index (χ3n) is 4.32. The second-order valence-electron chi connectivity index (χ2n) is 7.45. The molecule has 0 fully saturated rings. The molecule has 0 aliphatic rings. The van der Waals surface area contributed by atoms with E-state index in [0.29, 0.717) is 24.0 Å². The molecule has 132 valence electrons. The Morgan fingerprint density at radius 2 is 1.69 bits per heavy atom. The van der Waals surface area contributed by atoms with Crippen molar-refractivity contribution in [3.05, 3.63) is 71.4 Å². The van der Waals surface area contributed by atoms with Gasteiger partial charge in [-0.3, -0.25) is 0 Å². The Morgan fingerprint density at radius 1 is 1.04 bits per heavy atom. The third kappa shape index (κ3) is 3.78. The predicted molar refractivity (Wildman–Crippen MR) is 104 cm³/mol. The van der Waals surface area contributed by atoms with E-state index in [1.807, 2.05) is 54.4 Å². The Labute approximate surface area is 154 Å². The zero-order valence-electron chi connectivity index (χ0n) is 15.7. The first kappa shape index (κ1) is 17.8. The van der Waals surface area contributed by atoms with E-state index in [2.05, 4.69) is 44.0 Å². The molecule has 0 aliphatic heterocycles. The van der Waals surface area contributed by atoms with Gasteiger partial charge in [0.2, 0.25) is 17.5 Å². The Bertz CT molecular complexity index is 913. The van der Waals surface area contributed by atoms with Crippen LogP contribution in [0.1, 0.15) is 37.6 Å². The fourth-order valence-corrected chi connectivity index (χ4v) is 2.81. The van der Waals surface area contributed by atoms with Crippen molar-refractivity contribution in [1.82, 2.24) is 4.98 Å². The Kier molecular flexibility index (Phi) is 4.81. The number of nitriles is 1. The topological polar surface area (TPSA) is 53.1 Å². The summed E-state index contributed by atoms with van der Waals surface area (Å²) in [7, 11) is 1.90. The molecule has 0 N–H and O–H groups in total. The molecular weight excluding hydrogens is 322 g/mol. The molecule has 0 amide bonds. The van der Waals surface area contributed by atoms with E-state index in [1.165, 1.54) is 5.56 Å². The quantitative estimate of drug-likeness (QED) is 0.656. The van der Waals surface area contributed by atoms with Crippen molar-refractivity contribution in [1.29, 1.82) is 5.26 Å². The molecule has 0 saturated heterocycles. The van der Waals surface area contributed by atoms with Gasteiger partial charge >= 0.3 is 0 Å². The molecule has 1 heterocycles. The fourth-order valence-electron chi connectivity index (χ4n) is 2.81. The molecule has 26 heavy (non-hydrogen) atoms. The zero-order valence-corrected chi connectivity index (χ0v) is 15.7. The van der Waals surface area contributed by atoms with Gasteiger partial charge < -0.3 is 9.32 Å². The normalized spacial score (nSPS) is 11.2. The van der Waals surface area contributed by atoms with E-state index in [1.54, 1.807) is 0 Å². The highest BCUT2D eigenvalue weighted by Crippen LogP contribution is 2.30. The SMILES string of the molecule is CN(Cc1ccccc1)c1oc(-c2ccc(C(C)(C)C)cc2)nc1C#N. The summed E-state index contributed by atoms with van der Waals surface area (Å²) < 4.78 is 5.94. The van der Waals surface area contributed by atoms with Gasteiger partial charge in [0.05, 0.1) is 0 Å². The first-order chi connectivity index (χ1) is 12.4. The summed E-state index contributed by atoms with van der Waals surface area (Å²) in [5.74, 6) is 0.961. The van der Waals surface area contributed by atoms with E-state index >= 15 is 0 Å². The number of rotatable bonds is 4. The van der Waals surface area contributed by atoms with Crippen LogP contribution in [0.5, 0.6) is 0 Å². The van der Waals surface area contributed by atoms with Crippen molar-refractivity contribution in [3.8, 4) is 17.5 Å². The van der Waals surface area contributed by atoms with Gasteiger partial charge in [-0.05, 0) is 28.7 Å². The molecule has 3 rings (SSSR count). The highest BCUT2D eigenvalue weighted by Gasteiger charge is 2.19. The van der Waals surface area contributed by atoms with E-state index in [9.17, 15) is 5.26 Å². The molecule has 0 saturated carbocycles. The largest absolute Gasteiger partial charge is 0.419 e. The van der Waals surface area contributed by atoms with Gasteiger partial charge in [-0.1, -0.05) is 63.2 Å². The first-order valence-electron chi connectivity index (χ1n) is 8.65. The summed E-state index contributed by atoms with van der Waals surface area (Å²) in [5.41, 5.74) is 3.65. The van der Waals surface area contributed by atoms with Gasteiger partial charge in [-0.25, -0.2) is 0 Å². The van der Waals surface area contributed by atoms with Crippen molar-refractivity contribution >= 4 is 5.88 Å². The van der Waals surface area contributed by atoms with Gasteiger partial charge in [0.25, 0.3) is 0 Å². The van der Waals surface area contributed by atoms with E-state index in [4.69, 9.17) is 4.42 Å². The van der Waals surface area contributed by atoms with Gasteiger partial charge in [0, 0.05) is 19.2 Å². The number of nitrogens with zero attached hydrogens (tertiary/aromatic N) is 3. The number of hydrogen-bond acceptors (Lipinski definition) is 4. The van der Waals surface area contributed by atoms with Crippen LogP contribution < -0.4 is 4.90 Å². The zero-order chi connectivity index (χ0) is 18.7. The van der Waals surface area contributed by atoms with E-state index < -0.39 is 0 Å². The summed E-state index contributed by atoms with van der Waals surface area (Å²) in [5, 5.41) is 9.45. The molecular formula is C22H23N3O. The van der Waals surface area contributed by atoms with Gasteiger partial charge in [-0.2, -0.15) is 10.2 Å². The minimum Gasteiger partial charge on any atom is -0.419 e. The van der Waals surface area contributed by atoms with Crippen LogP contribution in [0.15, 0.2) is 59.0 Å². The molecule has 4 nitrogen and oxygen atoms in total. The average Bonchev–Trinajstić information content (AvgIpc) is 3.06. The van der Waals surface area contributed by atoms with Gasteiger partial charge in [-0.15, -0.1) is 0 Å². The Balaban J connectivity index is 1.88. The van der Waals surface area contributed by atoms with E-state index in [0.717, 1.165) is 11.1 Å². The molecule has 1 aromatic heterocycles. The average molecular weight is 345 g/mol. The van der Waals surface area contributed by atoms with Crippen molar-refractivity contribution < 1.29 is 4.42 Å². The second-order valence-corrected chi connectivity index (χ2v) is 7.45. The summed E-state index contributed by atoms with van der Waals surface area (Å²) in [6, 6.07) is 20.4. The van der Waals surface area contributed by atoms with Crippen molar-refractivity contribution in [2.45, 2.75) is 32.7 Å². The molecule has 4 heteroatoms. The minimum atomic E-state index is 0.0913. The lowest BCUT2D eigenvalue weighted by molar-refractivity contribution is 0.560. The molecule has 0 unspecified atom stereocenters. The van der Waals surface area contributed by atoms with Crippen LogP contribution in [0.25, 0.3) is 11.5 Å². The van der Waals surface area contributed by atoms with Crippen LogP contribution in [-0.4, -0.2) is 12.0 Å². The third-order valence-corrected chi connectivity index (χ3v) is 4.32. The van der Waals surface area contributed by atoms with E-state index in [-0.39, 0.29) is 5.41 Å². The summed E-state index contributed by atoms with van der Waals surface area (Å²) >= 11 is 0.